The van der Waals surface area contributed by atoms with E-state index in [-0.39, 0.29) is 0 Å². The largest absolute Gasteiger partial charge is 0.171 e. The number of thiol groups is 1. The van der Waals surface area contributed by atoms with Crippen molar-refractivity contribution >= 4 is 12.6 Å². The van der Waals surface area contributed by atoms with Crippen LogP contribution >= 0.6 is 12.6 Å². The first kappa shape index (κ1) is 12.4. The Balaban J connectivity index is 2.34. The van der Waals surface area contributed by atoms with E-state index in [1.54, 1.807) is 0 Å². The summed E-state index contributed by atoms with van der Waals surface area (Å²) in [7, 11) is 0. The zero-order valence-electron chi connectivity index (χ0n) is 9.39. The molecule has 0 saturated carbocycles. The molecule has 1 aliphatic rings. The van der Waals surface area contributed by atoms with Gasteiger partial charge in [-0.3, -0.25) is 0 Å². The Bertz CT molecular complexity index is 284. The monoisotopic (exact) mass is 220 g/mol. The van der Waals surface area contributed by atoms with Crippen molar-refractivity contribution in [1.29, 1.82) is 0 Å². The van der Waals surface area contributed by atoms with Crippen LogP contribution in [0.3, 0.4) is 0 Å². The van der Waals surface area contributed by atoms with E-state index in [1.165, 1.54) is 5.57 Å². The summed E-state index contributed by atoms with van der Waals surface area (Å²) in [6, 6.07) is 0. The van der Waals surface area contributed by atoms with Crippen LogP contribution < -0.4 is 0 Å². The van der Waals surface area contributed by atoms with E-state index in [2.05, 4.69) is 55.7 Å². The SMILES string of the molecule is C=C(CC1C=CC=CC1)C(S)C/C=C\C. The van der Waals surface area contributed by atoms with E-state index in [4.69, 9.17) is 0 Å². The quantitative estimate of drug-likeness (QED) is 0.517. The zero-order chi connectivity index (χ0) is 11.1. The molecule has 0 N–H and O–H groups in total. The predicted octanol–water partition coefficient (Wildman–Crippen LogP) is 4.33. The number of hydrogen-bond acceptors (Lipinski definition) is 1. The maximum atomic E-state index is 4.57. The third-order valence-electron chi connectivity index (χ3n) is 2.66. The average molecular weight is 220 g/mol. The Kier molecular flexibility index (Phi) is 5.56. The molecule has 0 radical (unpaired) electrons. The Morgan fingerprint density at radius 1 is 1.60 bits per heavy atom. The predicted molar refractivity (Wildman–Crippen MR) is 72.3 cm³/mol. The van der Waals surface area contributed by atoms with Crippen LogP contribution in [0.5, 0.6) is 0 Å². The van der Waals surface area contributed by atoms with Gasteiger partial charge >= 0.3 is 0 Å². The number of allylic oxidation sites excluding steroid dienone is 6. The van der Waals surface area contributed by atoms with E-state index in [0.717, 1.165) is 19.3 Å². The molecule has 2 unspecified atom stereocenters. The Morgan fingerprint density at radius 2 is 2.40 bits per heavy atom. The molecular formula is C14H20S. The van der Waals surface area contributed by atoms with Gasteiger partial charge in [-0.1, -0.05) is 48.6 Å². The lowest BCUT2D eigenvalue weighted by molar-refractivity contribution is 0.637. The van der Waals surface area contributed by atoms with Crippen LogP contribution in [0.1, 0.15) is 26.2 Å². The normalized spacial score (nSPS) is 22.1. The minimum atomic E-state index is 0.306. The molecule has 0 saturated heterocycles. The Hall–Kier alpha value is -0.690. The van der Waals surface area contributed by atoms with E-state index in [1.807, 2.05) is 6.92 Å². The van der Waals surface area contributed by atoms with Crippen molar-refractivity contribution in [3.63, 3.8) is 0 Å². The highest BCUT2D eigenvalue weighted by Crippen LogP contribution is 2.24. The highest BCUT2D eigenvalue weighted by Gasteiger charge is 2.11. The van der Waals surface area contributed by atoms with Crippen molar-refractivity contribution in [2.75, 3.05) is 0 Å². The van der Waals surface area contributed by atoms with E-state index >= 15 is 0 Å². The zero-order valence-corrected chi connectivity index (χ0v) is 10.3. The Labute approximate surface area is 98.9 Å². The first-order valence-electron chi connectivity index (χ1n) is 5.54. The molecule has 0 amide bonds. The minimum absolute atomic E-state index is 0.306. The van der Waals surface area contributed by atoms with E-state index in [9.17, 15) is 0 Å². The molecule has 2 atom stereocenters. The molecule has 0 bridgehead atoms. The highest BCUT2D eigenvalue weighted by atomic mass is 32.1. The maximum absolute atomic E-state index is 4.57. The molecule has 0 spiro atoms. The summed E-state index contributed by atoms with van der Waals surface area (Å²) in [4.78, 5) is 0. The summed E-state index contributed by atoms with van der Waals surface area (Å²) >= 11 is 4.57. The summed E-state index contributed by atoms with van der Waals surface area (Å²) in [6.45, 7) is 6.17. The summed E-state index contributed by atoms with van der Waals surface area (Å²) < 4.78 is 0. The lowest BCUT2D eigenvalue weighted by Gasteiger charge is -2.18. The molecule has 0 aromatic carbocycles. The highest BCUT2D eigenvalue weighted by molar-refractivity contribution is 7.81. The maximum Gasteiger partial charge on any atom is 0.0258 e. The van der Waals surface area contributed by atoms with Crippen molar-refractivity contribution in [2.24, 2.45) is 5.92 Å². The molecular weight excluding hydrogens is 200 g/mol. The Morgan fingerprint density at radius 3 is 3.00 bits per heavy atom. The van der Waals surface area contributed by atoms with Gasteiger partial charge in [0, 0.05) is 5.25 Å². The molecule has 1 heteroatoms. The average Bonchev–Trinajstić information content (AvgIpc) is 2.27. The second-order valence-corrected chi connectivity index (χ2v) is 4.62. The molecule has 1 rings (SSSR count). The summed E-state index contributed by atoms with van der Waals surface area (Å²) in [5, 5.41) is 0.306. The van der Waals surface area contributed by atoms with Crippen molar-refractivity contribution in [2.45, 2.75) is 31.4 Å². The van der Waals surface area contributed by atoms with Crippen LogP contribution in [0.4, 0.5) is 0 Å². The van der Waals surface area contributed by atoms with Gasteiger partial charge in [0.1, 0.15) is 0 Å². The third kappa shape index (κ3) is 4.57. The van der Waals surface area contributed by atoms with Gasteiger partial charge in [-0.25, -0.2) is 0 Å². The van der Waals surface area contributed by atoms with Crippen molar-refractivity contribution in [3.8, 4) is 0 Å². The van der Waals surface area contributed by atoms with Gasteiger partial charge in [-0.15, -0.1) is 0 Å². The van der Waals surface area contributed by atoms with Gasteiger partial charge in [-0.2, -0.15) is 12.6 Å². The fraction of sp³-hybridized carbons (Fsp3) is 0.429. The minimum Gasteiger partial charge on any atom is -0.171 e. The summed E-state index contributed by atoms with van der Waals surface area (Å²) in [6.07, 6.45) is 16.1. The van der Waals surface area contributed by atoms with Gasteiger partial charge < -0.3 is 0 Å². The summed E-state index contributed by atoms with van der Waals surface area (Å²) in [5.74, 6) is 0.628. The molecule has 82 valence electrons. The van der Waals surface area contributed by atoms with E-state index in [0.29, 0.717) is 11.2 Å². The second kappa shape index (κ2) is 6.73. The topological polar surface area (TPSA) is 0 Å². The lowest BCUT2D eigenvalue weighted by Crippen LogP contribution is -2.07. The van der Waals surface area contributed by atoms with Gasteiger partial charge in [0.15, 0.2) is 0 Å². The van der Waals surface area contributed by atoms with Crippen molar-refractivity contribution in [1.82, 2.24) is 0 Å². The van der Waals surface area contributed by atoms with Gasteiger partial charge in [0.2, 0.25) is 0 Å². The lowest BCUT2D eigenvalue weighted by atomic mass is 9.92. The molecule has 0 aliphatic heterocycles. The van der Waals surface area contributed by atoms with Gasteiger partial charge in [0.25, 0.3) is 0 Å². The first-order chi connectivity index (χ1) is 7.24. The molecule has 0 aromatic rings. The van der Waals surface area contributed by atoms with Crippen LogP contribution in [-0.2, 0) is 0 Å². The fourth-order valence-electron chi connectivity index (χ4n) is 1.69. The molecule has 0 aromatic heterocycles. The van der Waals surface area contributed by atoms with Crippen LogP contribution in [0.25, 0.3) is 0 Å². The molecule has 15 heavy (non-hydrogen) atoms. The molecule has 1 aliphatic carbocycles. The molecule has 0 fully saturated rings. The number of hydrogen-bond donors (Lipinski definition) is 1. The standard InChI is InChI=1S/C14H20S/c1-3-4-10-14(15)12(2)11-13-8-6-5-7-9-13/h3-8,13-15H,2,9-11H2,1H3/b4-3-. The van der Waals surface area contributed by atoms with Crippen LogP contribution in [-0.4, -0.2) is 5.25 Å². The van der Waals surface area contributed by atoms with Gasteiger partial charge in [0.05, 0.1) is 0 Å². The smallest absolute Gasteiger partial charge is 0.0258 e. The van der Waals surface area contributed by atoms with Gasteiger partial charge in [-0.05, 0) is 32.1 Å². The number of rotatable bonds is 5. The third-order valence-corrected chi connectivity index (χ3v) is 3.24. The van der Waals surface area contributed by atoms with E-state index < -0.39 is 0 Å². The molecule has 0 heterocycles. The van der Waals surface area contributed by atoms with Crippen LogP contribution in [0.15, 0.2) is 48.6 Å². The van der Waals surface area contributed by atoms with Crippen LogP contribution in [0.2, 0.25) is 0 Å². The second-order valence-electron chi connectivity index (χ2n) is 3.99. The van der Waals surface area contributed by atoms with Crippen molar-refractivity contribution in [3.05, 3.63) is 48.6 Å². The summed E-state index contributed by atoms with van der Waals surface area (Å²) in [5.41, 5.74) is 1.25. The fourth-order valence-corrected chi connectivity index (χ4v) is 1.91. The molecule has 0 nitrogen and oxygen atoms in total. The first-order valence-corrected chi connectivity index (χ1v) is 6.06. The van der Waals surface area contributed by atoms with Crippen LogP contribution in [0, 0.1) is 5.92 Å². The van der Waals surface area contributed by atoms with Crippen molar-refractivity contribution < 1.29 is 0 Å².